The van der Waals surface area contributed by atoms with Gasteiger partial charge in [-0.1, -0.05) is 18.0 Å². The van der Waals surface area contributed by atoms with E-state index in [1.54, 1.807) is 0 Å². The molecule has 0 bridgehead atoms. The standard InChI is InChI=1S/C12H16N4O2/c1-3-8(4-2)14-11(17)10-15-12(18-16-10)9-6-5-7-13-9/h1,8-9,13H,4-7H2,2H3,(H,14,17). The average molecular weight is 248 g/mol. The molecule has 2 unspecified atom stereocenters. The summed E-state index contributed by atoms with van der Waals surface area (Å²) < 4.78 is 5.08. The number of aromatic nitrogens is 2. The summed E-state index contributed by atoms with van der Waals surface area (Å²) in [5, 5.41) is 9.56. The molecule has 1 amide bonds. The van der Waals surface area contributed by atoms with Crippen LogP contribution in [0.25, 0.3) is 0 Å². The highest BCUT2D eigenvalue weighted by Crippen LogP contribution is 2.20. The molecule has 2 rings (SSSR count). The minimum atomic E-state index is -0.396. The van der Waals surface area contributed by atoms with Crippen LogP contribution in [-0.4, -0.2) is 28.6 Å². The quantitative estimate of drug-likeness (QED) is 0.764. The van der Waals surface area contributed by atoms with Gasteiger partial charge in [0.15, 0.2) is 0 Å². The number of nitrogens with one attached hydrogen (secondary N) is 2. The number of amides is 1. The second-order valence-electron chi connectivity index (χ2n) is 4.21. The van der Waals surface area contributed by atoms with E-state index in [0.717, 1.165) is 19.4 Å². The van der Waals surface area contributed by atoms with Crippen molar-refractivity contribution in [2.45, 2.75) is 38.3 Å². The van der Waals surface area contributed by atoms with Crippen LogP contribution in [0, 0.1) is 12.3 Å². The molecule has 0 aliphatic carbocycles. The Labute approximate surface area is 106 Å². The van der Waals surface area contributed by atoms with Gasteiger partial charge < -0.3 is 15.2 Å². The molecular formula is C12H16N4O2. The largest absolute Gasteiger partial charge is 0.337 e. The van der Waals surface area contributed by atoms with E-state index in [0.29, 0.717) is 12.3 Å². The van der Waals surface area contributed by atoms with Crippen molar-refractivity contribution in [2.75, 3.05) is 6.54 Å². The number of carbonyl (C=O) groups is 1. The van der Waals surface area contributed by atoms with Crippen molar-refractivity contribution >= 4 is 5.91 Å². The monoisotopic (exact) mass is 248 g/mol. The highest BCUT2D eigenvalue weighted by atomic mass is 16.5. The first-order chi connectivity index (χ1) is 8.74. The Morgan fingerprint density at radius 3 is 3.22 bits per heavy atom. The van der Waals surface area contributed by atoms with E-state index >= 15 is 0 Å². The van der Waals surface area contributed by atoms with Crippen molar-refractivity contribution in [2.24, 2.45) is 0 Å². The van der Waals surface area contributed by atoms with Gasteiger partial charge in [-0.2, -0.15) is 4.98 Å². The first-order valence-corrected chi connectivity index (χ1v) is 6.08. The van der Waals surface area contributed by atoms with E-state index < -0.39 is 5.91 Å². The third-order valence-corrected chi connectivity index (χ3v) is 2.92. The van der Waals surface area contributed by atoms with E-state index in [9.17, 15) is 4.79 Å². The van der Waals surface area contributed by atoms with E-state index in [1.165, 1.54) is 0 Å². The van der Waals surface area contributed by atoms with Crippen molar-refractivity contribution in [1.29, 1.82) is 0 Å². The Kier molecular flexibility index (Phi) is 3.95. The van der Waals surface area contributed by atoms with Gasteiger partial charge in [-0.15, -0.1) is 6.42 Å². The van der Waals surface area contributed by atoms with E-state index in [1.807, 2.05) is 6.92 Å². The third kappa shape index (κ3) is 2.68. The Hall–Kier alpha value is -1.87. The summed E-state index contributed by atoms with van der Waals surface area (Å²) in [5.74, 6) is 2.59. The highest BCUT2D eigenvalue weighted by Gasteiger charge is 2.24. The summed E-state index contributed by atoms with van der Waals surface area (Å²) in [7, 11) is 0. The molecule has 2 atom stereocenters. The third-order valence-electron chi connectivity index (χ3n) is 2.92. The summed E-state index contributed by atoms with van der Waals surface area (Å²) >= 11 is 0. The molecule has 1 saturated heterocycles. The number of hydrogen-bond acceptors (Lipinski definition) is 5. The first-order valence-electron chi connectivity index (χ1n) is 6.08. The van der Waals surface area contributed by atoms with Crippen molar-refractivity contribution in [3.8, 4) is 12.3 Å². The van der Waals surface area contributed by atoms with Crippen molar-refractivity contribution in [1.82, 2.24) is 20.8 Å². The number of rotatable bonds is 4. The van der Waals surface area contributed by atoms with Crippen molar-refractivity contribution < 1.29 is 9.32 Å². The molecule has 96 valence electrons. The zero-order chi connectivity index (χ0) is 13.0. The molecule has 1 aromatic heterocycles. The fourth-order valence-electron chi connectivity index (χ4n) is 1.85. The van der Waals surface area contributed by atoms with Gasteiger partial charge in [0.25, 0.3) is 11.7 Å². The Morgan fingerprint density at radius 2 is 2.61 bits per heavy atom. The molecular weight excluding hydrogens is 232 g/mol. The maximum absolute atomic E-state index is 11.8. The molecule has 0 aromatic carbocycles. The minimum Gasteiger partial charge on any atom is -0.337 e. The summed E-state index contributed by atoms with van der Waals surface area (Å²) in [5.41, 5.74) is 0. The van der Waals surface area contributed by atoms with Crippen LogP contribution < -0.4 is 10.6 Å². The van der Waals surface area contributed by atoms with Crippen LogP contribution in [0.4, 0.5) is 0 Å². The topological polar surface area (TPSA) is 80.0 Å². The SMILES string of the molecule is C#CC(CC)NC(=O)c1noc(C2CCCN2)n1. The molecule has 6 heteroatoms. The summed E-state index contributed by atoms with van der Waals surface area (Å²) in [4.78, 5) is 15.9. The fraction of sp³-hybridized carbons (Fsp3) is 0.583. The van der Waals surface area contributed by atoms with E-state index in [2.05, 4.69) is 26.7 Å². The van der Waals surface area contributed by atoms with E-state index in [4.69, 9.17) is 10.9 Å². The van der Waals surface area contributed by atoms with Crippen LogP contribution in [0.5, 0.6) is 0 Å². The van der Waals surface area contributed by atoms with Gasteiger partial charge in [0.2, 0.25) is 5.89 Å². The first kappa shape index (κ1) is 12.6. The zero-order valence-corrected chi connectivity index (χ0v) is 10.3. The predicted molar refractivity (Wildman–Crippen MR) is 64.7 cm³/mol. The molecule has 0 radical (unpaired) electrons. The van der Waals surface area contributed by atoms with Gasteiger partial charge in [-0.25, -0.2) is 0 Å². The lowest BCUT2D eigenvalue weighted by Crippen LogP contribution is -2.33. The highest BCUT2D eigenvalue weighted by molar-refractivity contribution is 5.90. The molecule has 0 spiro atoms. The molecule has 1 aromatic rings. The number of carbonyl (C=O) groups excluding carboxylic acids is 1. The smallest absolute Gasteiger partial charge is 0.293 e. The number of hydrogen-bond donors (Lipinski definition) is 2. The van der Waals surface area contributed by atoms with Crippen LogP contribution in [0.15, 0.2) is 4.52 Å². The lowest BCUT2D eigenvalue weighted by atomic mass is 10.2. The molecule has 1 aliphatic rings. The molecule has 6 nitrogen and oxygen atoms in total. The Morgan fingerprint density at radius 1 is 1.78 bits per heavy atom. The second-order valence-corrected chi connectivity index (χ2v) is 4.21. The van der Waals surface area contributed by atoms with Crippen molar-refractivity contribution in [3.63, 3.8) is 0 Å². The summed E-state index contributed by atoms with van der Waals surface area (Å²) in [6, 6.07) is -0.238. The lowest BCUT2D eigenvalue weighted by Gasteiger charge is -2.07. The van der Waals surface area contributed by atoms with Gasteiger partial charge in [-0.05, 0) is 25.8 Å². The maximum Gasteiger partial charge on any atom is 0.293 e. The van der Waals surface area contributed by atoms with Gasteiger partial charge in [0.05, 0.1) is 12.1 Å². The van der Waals surface area contributed by atoms with Gasteiger partial charge >= 0.3 is 0 Å². The molecule has 1 aliphatic heterocycles. The van der Waals surface area contributed by atoms with E-state index in [-0.39, 0.29) is 17.9 Å². The zero-order valence-electron chi connectivity index (χ0n) is 10.3. The summed E-state index contributed by atoms with van der Waals surface area (Å²) in [6.07, 6.45) is 7.96. The van der Waals surface area contributed by atoms with Crippen LogP contribution in [0.1, 0.15) is 48.7 Å². The maximum atomic E-state index is 11.8. The van der Waals surface area contributed by atoms with Crippen molar-refractivity contribution in [3.05, 3.63) is 11.7 Å². The number of nitrogens with zero attached hydrogens (tertiary/aromatic N) is 2. The van der Waals surface area contributed by atoms with Gasteiger partial charge in [-0.3, -0.25) is 4.79 Å². The molecule has 2 heterocycles. The summed E-state index contributed by atoms with van der Waals surface area (Å²) in [6.45, 7) is 2.83. The van der Waals surface area contributed by atoms with Crippen LogP contribution in [0.3, 0.4) is 0 Å². The lowest BCUT2D eigenvalue weighted by molar-refractivity contribution is 0.0931. The number of terminal acetylenes is 1. The second kappa shape index (κ2) is 5.65. The van der Waals surface area contributed by atoms with Crippen LogP contribution >= 0.6 is 0 Å². The van der Waals surface area contributed by atoms with Crippen LogP contribution in [0.2, 0.25) is 0 Å². The normalized spacial score (nSPS) is 20.3. The molecule has 0 saturated carbocycles. The van der Waals surface area contributed by atoms with Gasteiger partial charge in [0.1, 0.15) is 0 Å². The molecule has 18 heavy (non-hydrogen) atoms. The van der Waals surface area contributed by atoms with Gasteiger partial charge in [0, 0.05) is 0 Å². The predicted octanol–water partition coefficient (Wildman–Crippen LogP) is 0.636. The Balaban J connectivity index is 2.01. The Bertz CT molecular complexity index is 457. The minimum absolute atomic E-state index is 0.0346. The molecule has 1 fully saturated rings. The molecule has 2 N–H and O–H groups in total. The van der Waals surface area contributed by atoms with Crippen LogP contribution in [-0.2, 0) is 0 Å². The fourth-order valence-corrected chi connectivity index (χ4v) is 1.85. The average Bonchev–Trinajstić information content (AvgIpc) is 3.04.